The monoisotopic (exact) mass is 277 g/mol. The molecule has 2 aromatic rings. The van der Waals surface area contributed by atoms with E-state index in [-0.39, 0.29) is 10.8 Å². The maximum Gasteiger partial charge on any atom is 0.145 e. The van der Waals surface area contributed by atoms with Crippen molar-refractivity contribution in [1.29, 1.82) is 5.26 Å². The Kier molecular flexibility index (Phi) is 3.59. The maximum atomic E-state index is 13.2. The Morgan fingerprint density at radius 1 is 1.26 bits per heavy atom. The van der Waals surface area contributed by atoms with Crippen molar-refractivity contribution in [2.75, 3.05) is 7.11 Å². The molecule has 19 heavy (non-hydrogen) atoms. The van der Waals surface area contributed by atoms with Crippen LogP contribution in [0.5, 0.6) is 11.5 Å². The van der Waals surface area contributed by atoms with E-state index in [1.54, 1.807) is 18.2 Å². The molecule has 0 fully saturated rings. The molecule has 2 aromatic carbocycles. The highest BCUT2D eigenvalue weighted by Gasteiger charge is 2.14. The van der Waals surface area contributed by atoms with Gasteiger partial charge < -0.3 is 9.84 Å². The van der Waals surface area contributed by atoms with Gasteiger partial charge >= 0.3 is 0 Å². The van der Waals surface area contributed by atoms with E-state index in [1.807, 2.05) is 6.07 Å². The van der Waals surface area contributed by atoms with Crippen LogP contribution in [0.15, 0.2) is 30.3 Å². The number of nitrogens with zero attached hydrogens (tertiary/aromatic N) is 1. The van der Waals surface area contributed by atoms with Crippen molar-refractivity contribution < 1.29 is 14.2 Å². The van der Waals surface area contributed by atoms with E-state index in [9.17, 15) is 9.50 Å². The summed E-state index contributed by atoms with van der Waals surface area (Å²) in [7, 11) is 1.47. The lowest BCUT2D eigenvalue weighted by molar-refractivity contribution is 0.415. The van der Waals surface area contributed by atoms with Crippen molar-refractivity contribution in [1.82, 2.24) is 0 Å². The van der Waals surface area contributed by atoms with Gasteiger partial charge in [-0.3, -0.25) is 0 Å². The topological polar surface area (TPSA) is 53.2 Å². The van der Waals surface area contributed by atoms with Gasteiger partial charge in [-0.05, 0) is 24.3 Å². The minimum Gasteiger partial charge on any atom is -0.507 e. The van der Waals surface area contributed by atoms with Gasteiger partial charge in [-0.25, -0.2) is 4.39 Å². The molecule has 2 rings (SSSR count). The Bertz CT molecular complexity index is 680. The number of methoxy groups -OCH3 is 1. The van der Waals surface area contributed by atoms with Gasteiger partial charge in [0.1, 0.15) is 17.3 Å². The molecule has 0 aliphatic heterocycles. The first-order valence-corrected chi connectivity index (χ1v) is 5.71. The lowest BCUT2D eigenvalue weighted by Gasteiger charge is -2.11. The molecule has 5 heteroatoms. The molecule has 0 saturated heterocycles. The minimum absolute atomic E-state index is 0.114. The number of benzene rings is 2. The molecule has 0 bridgehead atoms. The van der Waals surface area contributed by atoms with Crippen molar-refractivity contribution in [2.24, 2.45) is 0 Å². The molecule has 0 aliphatic carbocycles. The van der Waals surface area contributed by atoms with Crippen LogP contribution in [0, 0.1) is 17.1 Å². The lowest BCUT2D eigenvalue weighted by atomic mass is 10.0. The zero-order chi connectivity index (χ0) is 14.0. The second kappa shape index (κ2) is 5.17. The van der Waals surface area contributed by atoms with E-state index in [1.165, 1.54) is 13.2 Å². The smallest absolute Gasteiger partial charge is 0.145 e. The van der Waals surface area contributed by atoms with Crippen LogP contribution < -0.4 is 4.74 Å². The summed E-state index contributed by atoms with van der Waals surface area (Å²) >= 11 is 5.71. The Hall–Kier alpha value is -2.25. The van der Waals surface area contributed by atoms with Gasteiger partial charge in [-0.1, -0.05) is 11.6 Å². The van der Waals surface area contributed by atoms with Gasteiger partial charge in [0.2, 0.25) is 0 Å². The van der Waals surface area contributed by atoms with Crippen LogP contribution in [0.3, 0.4) is 0 Å². The number of aromatic hydroxyl groups is 1. The predicted molar refractivity (Wildman–Crippen MR) is 69.8 cm³/mol. The Morgan fingerprint density at radius 2 is 2.00 bits per heavy atom. The van der Waals surface area contributed by atoms with Crippen molar-refractivity contribution in [3.8, 4) is 28.7 Å². The highest BCUT2D eigenvalue weighted by Crippen LogP contribution is 2.38. The second-order valence-corrected chi connectivity index (χ2v) is 4.22. The molecular weight excluding hydrogens is 269 g/mol. The molecule has 1 N–H and O–H groups in total. The summed E-state index contributed by atoms with van der Waals surface area (Å²) in [5.41, 5.74) is 1.18. The highest BCUT2D eigenvalue weighted by atomic mass is 35.5. The van der Waals surface area contributed by atoms with Gasteiger partial charge in [0, 0.05) is 17.2 Å². The predicted octanol–water partition coefficient (Wildman–Crippen LogP) is 3.73. The highest BCUT2D eigenvalue weighted by molar-refractivity contribution is 6.31. The average molecular weight is 278 g/mol. The molecule has 0 unspecified atom stereocenters. The summed E-state index contributed by atoms with van der Waals surface area (Å²) in [6.07, 6.45) is 0. The van der Waals surface area contributed by atoms with Crippen LogP contribution in [0.1, 0.15) is 5.56 Å². The third kappa shape index (κ3) is 2.47. The van der Waals surface area contributed by atoms with Gasteiger partial charge in [-0.2, -0.15) is 5.26 Å². The van der Waals surface area contributed by atoms with Gasteiger partial charge in [0.05, 0.1) is 23.8 Å². The van der Waals surface area contributed by atoms with Gasteiger partial charge in [0.25, 0.3) is 0 Å². The van der Waals surface area contributed by atoms with Crippen LogP contribution in [0.2, 0.25) is 5.02 Å². The molecule has 0 spiro atoms. The van der Waals surface area contributed by atoms with E-state index < -0.39 is 5.82 Å². The molecule has 0 radical (unpaired) electrons. The second-order valence-electron chi connectivity index (χ2n) is 3.81. The van der Waals surface area contributed by atoms with Crippen molar-refractivity contribution in [3.63, 3.8) is 0 Å². The Labute approximate surface area is 114 Å². The molecule has 0 aliphatic rings. The van der Waals surface area contributed by atoms with Crippen LogP contribution in [0.25, 0.3) is 11.1 Å². The minimum atomic E-state index is -0.710. The number of phenols is 1. The van der Waals surface area contributed by atoms with Crippen molar-refractivity contribution in [2.45, 2.75) is 0 Å². The van der Waals surface area contributed by atoms with Crippen molar-refractivity contribution >= 4 is 11.6 Å². The van der Waals surface area contributed by atoms with Crippen LogP contribution in [-0.2, 0) is 0 Å². The Balaban J connectivity index is 2.70. The summed E-state index contributed by atoms with van der Waals surface area (Å²) in [6, 6.07) is 8.95. The molecule has 0 amide bonds. The summed E-state index contributed by atoms with van der Waals surface area (Å²) in [5, 5.41) is 18.6. The lowest BCUT2D eigenvalue weighted by Crippen LogP contribution is -1.91. The largest absolute Gasteiger partial charge is 0.507 e. The van der Waals surface area contributed by atoms with Gasteiger partial charge in [0.15, 0.2) is 0 Å². The zero-order valence-corrected chi connectivity index (χ0v) is 10.7. The molecule has 3 nitrogen and oxygen atoms in total. The number of hydrogen-bond donors (Lipinski definition) is 1. The Morgan fingerprint density at radius 3 is 2.63 bits per heavy atom. The van der Waals surface area contributed by atoms with E-state index in [0.29, 0.717) is 22.4 Å². The number of ether oxygens (including phenoxy) is 1. The molecule has 0 heterocycles. The normalized spacial score (nSPS) is 10.0. The first-order chi connectivity index (χ1) is 9.06. The summed E-state index contributed by atoms with van der Waals surface area (Å²) in [6.45, 7) is 0. The zero-order valence-electron chi connectivity index (χ0n) is 9.95. The summed E-state index contributed by atoms with van der Waals surface area (Å²) < 4.78 is 18.4. The fraction of sp³-hybridized carbons (Fsp3) is 0.0714. The SMILES string of the molecule is COc1ccc(C#N)cc1-c1cc(Cl)c(F)cc1O. The van der Waals surface area contributed by atoms with E-state index in [0.717, 1.165) is 6.07 Å². The average Bonchev–Trinajstić information content (AvgIpc) is 2.42. The number of rotatable bonds is 2. The molecule has 0 aromatic heterocycles. The first-order valence-electron chi connectivity index (χ1n) is 5.33. The van der Waals surface area contributed by atoms with Crippen LogP contribution in [0.4, 0.5) is 4.39 Å². The third-order valence-electron chi connectivity index (χ3n) is 2.66. The molecule has 0 atom stereocenters. The van der Waals surface area contributed by atoms with Gasteiger partial charge in [-0.15, -0.1) is 0 Å². The quantitative estimate of drug-likeness (QED) is 0.910. The number of nitriles is 1. The van der Waals surface area contributed by atoms with Crippen LogP contribution >= 0.6 is 11.6 Å². The van der Waals surface area contributed by atoms with E-state index >= 15 is 0 Å². The van der Waals surface area contributed by atoms with E-state index in [2.05, 4.69) is 0 Å². The third-order valence-corrected chi connectivity index (χ3v) is 2.95. The first kappa shape index (κ1) is 13.2. The fourth-order valence-electron chi connectivity index (χ4n) is 1.74. The summed E-state index contributed by atoms with van der Waals surface area (Å²) in [4.78, 5) is 0. The van der Waals surface area contributed by atoms with E-state index in [4.69, 9.17) is 21.6 Å². The van der Waals surface area contributed by atoms with Crippen molar-refractivity contribution in [3.05, 3.63) is 46.7 Å². The maximum absolute atomic E-state index is 13.2. The number of hydrogen-bond acceptors (Lipinski definition) is 3. The summed E-state index contributed by atoms with van der Waals surface area (Å²) in [5.74, 6) is -0.523. The van der Waals surface area contributed by atoms with Crippen LogP contribution in [-0.4, -0.2) is 12.2 Å². The molecule has 0 saturated carbocycles. The number of phenolic OH excluding ortho intramolecular Hbond substituents is 1. The number of halogens is 2. The molecule has 96 valence electrons. The standard InChI is InChI=1S/C14H9ClFNO2/c1-19-14-3-2-8(7-17)4-10(14)9-5-11(15)12(16)6-13(9)18/h2-6,18H,1H3. The molecular formula is C14H9ClFNO2. The fourth-order valence-corrected chi connectivity index (χ4v) is 1.90.